The van der Waals surface area contributed by atoms with Gasteiger partial charge in [-0.2, -0.15) is 5.10 Å². The van der Waals surface area contributed by atoms with Crippen LogP contribution in [0.4, 0.5) is 5.69 Å². The fourth-order valence-corrected chi connectivity index (χ4v) is 3.08. The van der Waals surface area contributed by atoms with Crippen LogP contribution < -0.4 is 15.1 Å². The molecule has 0 fully saturated rings. The van der Waals surface area contributed by atoms with E-state index >= 15 is 0 Å². The number of ether oxygens (including phenoxy) is 1. The van der Waals surface area contributed by atoms with Crippen LogP contribution in [0.2, 0.25) is 0 Å². The number of hydrogen-bond acceptors (Lipinski definition) is 4. The van der Waals surface area contributed by atoms with Gasteiger partial charge in [0.05, 0.1) is 10.7 Å². The van der Waals surface area contributed by atoms with E-state index in [-0.39, 0.29) is 12.5 Å². The molecule has 0 spiro atoms. The van der Waals surface area contributed by atoms with E-state index in [9.17, 15) is 4.79 Å². The van der Waals surface area contributed by atoms with Crippen LogP contribution in [-0.4, -0.2) is 32.8 Å². The molecular weight excluding hydrogens is 382 g/mol. The summed E-state index contributed by atoms with van der Waals surface area (Å²) in [6, 6.07) is 11.8. The fraction of sp³-hybridized carbons (Fsp3) is 0.263. The molecule has 2 rings (SSSR count). The minimum Gasteiger partial charge on any atom is -0.482 e. The molecule has 0 saturated carbocycles. The van der Waals surface area contributed by atoms with Crippen molar-refractivity contribution in [1.29, 1.82) is 0 Å². The van der Waals surface area contributed by atoms with Crippen LogP contribution >= 0.6 is 15.9 Å². The van der Waals surface area contributed by atoms with E-state index in [1.165, 1.54) is 0 Å². The Bertz CT molecular complexity index is 748. The summed E-state index contributed by atoms with van der Waals surface area (Å²) in [6.07, 6.45) is 1.60. The Balaban J connectivity index is 1.86. The van der Waals surface area contributed by atoms with Crippen LogP contribution in [0.1, 0.15) is 16.7 Å². The van der Waals surface area contributed by atoms with Crippen molar-refractivity contribution in [2.75, 3.05) is 25.6 Å². The summed E-state index contributed by atoms with van der Waals surface area (Å²) in [4.78, 5) is 13.9. The Morgan fingerprint density at radius 3 is 2.52 bits per heavy atom. The summed E-state index contributed by atoms with van der Waals surface area (Å²) >= 11 is 3.46. The number of aryl methyl sites for hydroxylation is 2. The van der Waals surface area contributed by atoms with Crippen LogP contribution in [0.15, 0.2) is 46.0 Å². The molecule has 25 heavy (non-hydrogen) atoms. The molecule has 1 N–H and O–H groups in total. The van der Waals surface area contributed by atoms with Crippen molar-refractivity contribution < 1.29 is 9.53 Å². The maximum atomic E-state index is 11.9. The number of amides is 1. The first-order valence-corrected chi connectivity index (χ1v) is 8.65. The Hall–Kier alpha value is -2.34. The third kappa shape index (κ3) is 5.60. The summed E-state index contributed by atoms with van der Waals surface area (Å²) in [5.41, 5.74) is 6.59. The molecule has 0 aliphatic heterocycles. The number of carbonyl (C=O) groups excluding carboxylic acids is 1. The number of nitrogens with one attached hydrogen (secondary N) is 1. The average molecular weight is 404 g/mol. The zero-order chi connectivity index (χ0) is 18.4. The molecule has 132 valence electrons. The Morgan fingerprint density at radius 1 is 1.24 bits per heavy atom. The number of halogens is 1. The maximum Gasteiger partial charge on any atom is 0.277 e. The molecule has 0 unspecified atom stereocenters. The van der Waals surface area contributed by atoms with Crippen molar-refractivity contribution in [3.05, 3.63) is 57.6 Å². The highest BCUT2D eigenvalue weighted by molar-refractivity contribution is 9.10. The Morgan fingerprint density at radius 2 is 1.92 bits per heavy atom. The van der Waals surface area contributed by atoms with E-state index in [4.69, 9.17) is 4.74 Å². The lowest BCUT2D eigenvalue weighted by Crippen LogP contribution is -2.24. The van der Waals surface area contributed by atoms with Crippen LogP contribution in [0.5, 0.6) is 5.75 Å². The highest BCUT2D eigenvalue weighted by Gasteiger charge is 2.08. The van der Waals surface area contributed by atoms with Gasteiger partial charge >= 0.3 is 0 Å². The van der Waals surface area contributed by atoms with Crippen molar-refractivity contribution in [3.63, 3.8) is 0 Å². The van der Waals surface area contributed by atoms with E-state index < -0.39 is 0 Å². The number of nitrogens with zero attached hydrogens (tertiary/aromatic N) is 2. The highest BCUT2D eigenvalue weighted by atomic mass is 79.9. The first kappa shape index (κ1) is 19.0. The summed E-state index contributed by atoms with van der Waals surface area (Å²) in [6.45, 7) is 3.86. The second kappa shape index (κ2) is 8.67. The first-order valence-electron chi connectivity index (χ1n) is 7.85. The van der Waals surface area contributed by atoms with Crippen molar-refractivity contribution in [2.24, 2.45) is 5.10 Å². The maximum absolute atomic E-state index is 11.9. The lowest BCUT2D eigenvalue weighted by atomic mass is 10.1. The van der Waals surface area contributed by atoms with E-state index in [1.54, 1.807) is 6.21 Å². The van der Waals surface area contributed by atoms with E-state index in [0.717, 1.165) is 26.9 Å². The monoisotopic (exact) mass is 403 g/mol. The lowest BCUT2D eigenvalue weighted by molar-refractivity contribution is -0.123. The zero-order valence-corrected chi connectivity index (χ0v) is 16.4. The number of carbonyl (C=O) groups is 1. The van der Waals surface area contributed by atoms with Gasteiger partial charge in [0.15, 0.2) is 6.61 Å². The molecule has 0 saturated heterocycles. The Labute approximate surface area is 156 Å². The van der Waals surface area contributed by atoms with Crippen LogP contribution in [0.3, 0.4) is 0 Å². The fourth-order valence-electron chi connectivity index (χ4n) is 2.29. The van der Waals surface area contributed by atoms with Crippen molar-refractivity contribution in [2.45, 2.75) is 13.8 Å². The molecule has 0 bridgehead atoms. The van der Waals surface area contributed by atoms with Crippen molar-refractivity contribution in [1.82, 2.24) is 5.43 Å². The molecule has 0 aliphatic rings. The van der Waals surface area contributed by atoms with Gasteiger partial charge in [0, 0.05) is 19.8 Å². The second-order valence-electron chi connectivity index (χ2n) is 5.96. The molecule has 0 radical (unpaired) electrons. The predicted molar refractivity (Wildman–Crippen MR) is 106 cm³/mol. The zero-order valence-electron chi connectivity index (χ0n) is 14.8. The van der Waals surface area contributed by atoms with Gasteiger partial charge < -0.3 is 9.64 Å². The van der Waals surface area contributed by atoms with Gasteiger partial charge in [-0.25, -0.2) is 5.43 Å². The van der Waals surface area contributed by atoms with Crippen LogP contribution in [0, 0.1) is 13.8 Å². The third-order valence-corrected chi connectivity index (χ3v) is 4.12. The minimum absolute atomic E-state index is 0.0978. The third-order valence-electron chi connectivity index (χ3n) is 3.53. The van der Waals surface area contributed by atoms with E-state index in [2.05, 4.69) is 26.5 Å². The van der Waals surface area contributed by atoms with Crippen LogP contribution in [-0.2, 0) is 4.79 Å². The predicted octanol–water partition coefficient (Wildman–Crippen LogP) is 3.66. The number of anilines is 1. The Kier molecular flexibility index (Phi) is 6.58. The molecule has 2 aromatic carbocycles. The lowest BCUT2D eigenvalue weighted by Gasteiger charge is -2.12. The molecule has 0 aromatic heterocycles. The molecule has 1 amide bonds. The molecule has 0 aliphatic carbocycles. The molecule has 2 aromatic rings. The van der Waals surface area contributed by atoms with E-state index in [1.807, 2.05) is 69.2 Å². The molecular formula is C19H22BrN3O2. The van der Waals surface area contributed by atoms with Gasteiger partial charge in [-0.15, -0.1) is 0 Å². The first-order chi connectivity index (χ1) is 11.9. The number of hydrogen-bond donors (Lipinski definition) is 1. The standard InChI is InChI=1S/C19H22BrN3O2/c1-13-9-14(2)19(17(20)10-13)25-12-18(24)22-21-11-15-5-7-16(8-6-15)23(3)4/h5-11H,12H2,1-4H3,(H,22,24)/b21-11-. The largest absolute Gasteiger partial charge is 0.482 e. The number of benzene rings is 2. The van der Waals surface area contributed by atoms with Gasteiger partial charge in [0.25, 0.3) is 5.91 Å². The normalized spacial score (nSPS) is 10.8. The van der Waals surface area contributed by atoms with Gasteiger partial charge in [-0.3, -0.25) is 4.79 Å². The summed E-state index contributed by atoms with van der Waals surface area (Å²) < 4.78 is 6.43. The second-order valence-corrected chi connectivity index (χ2v) is 6.81. The van der Waals surface area contributed by atoms with Gasteiger partial charge in [0.2, 0.25) is 0 Å². The molecule has 6 heteroatoms. The van der Waals surface area contributed by atoms with Crippen molar-refractivity contribution in [3.8, 4) is 5.75 Å². The van der Waals surface area contributed by atoms with Gasteiger partial charge in [-0.05, 0) is 64.7 Å². The van der Waals surface area contributed by atoms with E-state index in [0.29, 0.717) is 5.75 Å². The average Bonchev–Trinajstić information content (AvgIpc) is 2.54. The molecule has 0 atom stereocenters. The van der Waals surface area contributed by atoms with Gasteiger partial charge in [0.1, 0.15) is 5.75 Å². The van der Waals surface area contributed by atoms with Crippen molar-refractivity contribution >= 4 is 33.7 Å². The number of hydrazone groups is 1. The van der Waals surface area contributed by atoms with Gasteiger partial charge in [-0.1, -0.05) is 18.2 Å². The quantitative estimate of drug-likeness (QED) is 0.591. The molecule has 5 nitrogen and oxygen atoms in total. The summed E-state index contributed by atoms with van der Waals surface area (Å²) in [5, 5.41) is 3.96. The SMILES string of the molecule is Cc1cc(C)c(OCC(=O)N/N=C\c2ccc(N(C)C)cc2)c(Br)c1. The summed E-state index contributed by atoms with van der Waals surface area (Å²) in [7, 11) is 3.97. The number of rotatable bonds is 6. The smallest absolute Gasteiger partial charge is 0.277 e. The summed E-state index contributed by atoms with van der Waals surface area (Å²) in [5.74, 6) is 0.358. The minimum atomic E-state index is -0.312. The highest BCUT2D eigenvalue weighted by Crippen LogP contribution is 2.30. The topological polar surface area (TPSA) is 53.9 Å². The molecule has 0 heterocycles. The van der Waals surface area contributed by atoms with Crippen LogP contribution in [0.25, 0.3) is 0 Å².